The number of fused-ring (bicyclic) bond motifs is 1. The van der Waals surface area contributed by atoms with E-state index in [0.29, 0.717) is 170 Å². The quantitative estimate of drug-likeness (QED) is 0.0531. The van der Waals surface area contributed by atoms with Crippen LogP contribution < -0.4 is 0 Å². The van der Waals surface area contributed by atoms with Crippen LogP contribution in [0.25, 0.3) is 0 Å². The minimum atomic E-state index is -0.281. The summed E-state index contributed by atoms with van der Waals surface area (Å²) in [6.07, 6.45) is 6.03. The minimum absolute atomic E-state index is 0.154. The van der Waals surface area contributed by atoms with Crippen molar-refractivity contribution in [3.63, 3.8) is 0 Å². The molecule has 0 unspecified atom stereocenters. The fraction of sp³-hybridized carbons (Fsp3) is 0.786. The van der Waals surface area contributed by atoms with Crippen LogP contribution in [-0.2, 0) is 66.4 Å². The number of unbranched alkanes of at least 4 members (excludes halogenated alkanes) is 4. The van der Waals surface area contributed by atoms with Gasteiger partial charge in [0.25, 0.3) is 11.8 Å². The van der Waals surface area contributed by atoms with Crippen molar-refractivity contribution in [3.8, 4) is 0 Å². The molecule has 1 heterocycles. The number of benzene rings is 1. The molecular formula is C42H71NO16. The Balaban J connectivity index is 1.14. The van der Waals surface area contributed by atoms with Crippen LogP contribution in [0, 0.1) is 0 Å². The number of carbonyl (C=O) groups excluding carboxylic acids is 3. The molecule has 0 radical (unpaired) electrons. The van der Waals surface area contributed by atoms with E-state index in [1.165, 1.54) is 24.2 Å². The third kappa shape index (κ3) is 29.3. The second-order valence-corrected chi connectivity index (χ2v) is 13.0. The zero-order valence-electron chi connectivity index (χ0n) is 35.4. The molecule has 0 bridgehead atoms. The van der Waals surface area contributed by atoms with Crippen molar-refractivity contribution >= 4 is 17.8 Å². The fourth-order valence-corrected chi connectivity index (χ4v) is 5.28. The van der Waals surface area contributed by atoms with Gasteiger partial charge in [0.2, 0.25) is 0 Å². The summed E-state index contributed by atoms with van der Waals surface area (Å²) in [6.45, 7) is 13.4. The first-order valence-corrected chi connectivity index (χ1v) is 21.2. The third-order valence-electron chi connectivity index (χ3n) is 8.40. The largest absolute Gasteiger partial charge is 0.463 e. The Kier molecular flexibility index (Phi) is 35.1. The van der Waals surface area contributed by atoms with Gasteiger partial charge in [-0.1, -0.05) is 44.7 Å². The summed E-state index contributed by atoms with van der Waals surface area (Å²) in [4.78, 5) is 37.5. The molecule has 340 valence electrons. The molecule has 0 spiro atoms. The van der Waals surface area contributed by atoms with Gasteiger partial charge in [0.05, 0.1) is 176 Å². The molecule has 17 heteroatoms. The number of imide groups is 1. The van der Waals surface area contributed by atoms with E-state index in [-0.39, 0.29) is 37.5 Å². The van der Waals surface area contributed by atoms with Crippen LogP contribution in [-0.4, -0.2) is 194 Å². The van der Waals surface area contributed by atoms with Gasteiger partial charge in [-0.3, -0.25) is 19.3 Å². The molecular weight excluding hydrogens is 774 g/mol. The van der Waals surface area contributed by atoms with Crippen molar-refractivity contribution in [2.75, 3.05) is 172 Å². The Morgan fingerprint density at radius 2 is 0.695 bits per heavy atom. The first kappa shape index (κ1) is 52.5. The van der Waals surface area contributed by atoms with E-state index in [9.17, 15) is 14.4 Å². The molecule has 59 heavy (non-hydrogen) atoms. The smallest absolute Gasteiger partial charge is 0.305 e. The molecule has 0 N–H and O–H groups in total. The molecule has 1 aliphatic rings. The monoisotopic (exact) mass is 845 g/mol. The van der Waals surface area contributed by atoms with Gasteiger partial charge in [-0.15, -0.1) is 0 Å². The lowest BCUT2D eigenvalue weighted by atomic mass is 10.1. The number of hydrogen-bond acceptors (Lipinski definition) is 16. The molecule has 2 amide bonds. The molecule has 0 saturated carbocycles. The van der Waals surface area contributed by atoms with E-state index in [0.717, 1.165) is 12.8 Å². The molecule has 1 aliphatic heterocycles. The van der Waals surface area contributed by atoms with Gasteiger partial charge in [-0.05, 0) is 18.6 Å². The Hall–Kier alpha value is -2.65. The van der Waals surface area contributed by atoms with Crippen LogP contribution >= 0.6 is 0 Å². The molecule has 2 rings (SSSR count). The number of nitrogens with zero attached hydrogens (tertiary/aromatic N) is 1. The van der Waals surface area contributed by atoms with Gasteiger partial charge in [-0.25, -0.2) is 0 Å². The lowest BCUT2D eigenvalue weighted by Gasteiger charge is -2.13. The molecule has 17 nitrogen and oxygen atoms in total. The SMILES string of the molecule is CCCCCCCC(=O)OCCOCCOCCOCCOCCOCCOCCOCCOCCOCCOCCOCCOCCN1C(=O)c2ccccc2C1=O. The highest BCUT2D eigenvalue weighted by Gasteiger charge is 2.34. The van der Waals surface area contributed by atoms with Gasteiger partial charge in [0, 0.05) is 6.42 Å². The predicted molar refractivity (Wildman–Crippen MR) is 216 cm³/mol. The average Bonchev–Trinajstić information content (AvgIpc) is 3.49. The second kappa shape index (κ2) is 39.5. The Labute approximate surface area is 350 Å². The van der Waals surface area contributed by atoms with E-state index < -0.39 is 0 Å². The van der Waals surface area contributed by atoms with Crippen LogP contribution in [0.15, 0.2) is 24.3 Å². The molecule has 0 aromatic heterocycles. The van der Waals surface area contributed by atoms with Crippen LogP contribution in [0.5, 0.6) is 0 Å². The number of ether oxygens (including phenoxy) is 13. The topological polar surface area (TPSA) is 174 Å². The van der Waals surface area contributed by atoms with Crippen LogP contribution in [0.2, 0.25) is 0 Å². The summed E-state index contributed by atoms with van der Waals surface area (Å²) >= 11 is 0. The Bertz CT molecular complexity index is 1130. The third-order valence-corrected chi connectivity index (χ3v) is 8.40. The maximum atomic E-state index is 12.3. The molecule has 1 aromatic rings. The summed E-state index contributed by atoms with van der Waals surface area (Å²) in [6, 6.07) is 6.81. The Morgan fingerprint density at radius 3 is 1.02 bits per heavy atom. The standard InChI is InChI=1S/C42H71NO16/c1-2-3-4-5-6-11-40(44)59-37-36-58-35-34-57-33-32-56-31-30-55-29-28-54-27-26-53-25-24-52-23-22-51-21-20-50-19-18-49-17-16-48-15-14-47-13-12-43-41(45)38-9-7-8-10-39(38)42(43)46/h7-10H,2-6,11-37H2,1H3. The fourth-order valence-electron chi connectivity index (χ4n) is 5.28. The maximum absolute atomic E-state index is 12.3. The lowest BCUT2D eigenvalue weighted by molar-refractivity contribution is -0.145. The zero-order chi connectivity index (χ0) is 42.1. The summed E-state index contributed by atoms with van der Waals surface area (Å²) in [5, 5.41) is 0. The summed E-state index contributed by atoms with van der Waals surface area (Å²) in [7, 11) is 0. The summed E-state index contributed by atoms with van der Waals surface area (Å²) in [5.74, 6) is -0.716. The lowest BCUT2D eigenvalue weighted by Crippen LogP contribution is -2.33. The number of hydrogen-bond donors (Lipinski definition) is 0. The average molecular weight is 846 g/mol. The normalized spacial score (nSPS) is 12.5. The highest BCUT2D eigenvalue weighted by atomic mass is 16.6. The van der Waals surface area contributed by atoms with E-state index in [2.05, 4.69) is 6.92 Å². The summed E-state index contributed by atoms with van der Waals surface area (Å²) < 4.78 is 70.9. The van der Waals surface area contributed by atoms with E-state index >= 15 is 0 Å². The van der Waals surface area contributed by atoms with Crippen molar-refractivity contribution in [2.45, 2.75) is 45.4 Å². The van der Waals surface area contributed by atoms with Gasteiger partial charge < -0.3 is 61.6 Å². The first-order valence-electron chi connectivity index (χ1n) is 21.2. The van der Waals surface area contributed by atoms with Gasteiger partial charge >= 0.3 is 5.97 Å². The molecule has 1 aromatic carbocycles. The van der Waals surface area contributed by atoms with Gasteiger partial charge in [0.1, 0.15) is 6.61 Å². The number of esters is 1. The number of rotatable bonds is 45. The van der Waals surface area contributed by atoms with E-state index in [1.54, 1.807) is 24.3 Å². The van der Waals surface area contributed by atoms with Gasteiger partial charge in [-0.2, -0.15) is 0 Å². The van der Waals surface area contributed by atoms with E-state index in [1.807, 2.05) is 0 Å². The maximum Gasteiger partial charge on any atom is 0.305 e. The van der Waals surface area contributed by atoms with Crippen molar-refractivity contribution in [2.24, 2.45) is 0 Å². The predicted octanol–water partition coefficient (Wildman–Crippen LogP) is 3.39. The van der Waals surface area contributed by atoms with Crippen LogP contribution in [0.3, 0.4) is 0 Å². The first-order chi connectivity index (χ1) is 29.1. The van der Waals surface area contributed by atoms with Crippen molar-refractivity contribution in [3.05, 3.63) is 35.4 Å². The Morgan fingerprint density at radius 1 is 0.407 bits per heavy atom. The molecule has 0 saturated heterocycles. The van der Waals surface area contributed by atoms with Crippen molar-refractivity contribution in [1.82, 2.24) is 4.90 Å². The number of carbonyl (C=O) groups is 3. The second-order valence-electron chi connectivity index (χ2n) is 13.0. The number of amides is 2. The van der Waals surface area contributed by atoms with E-state index in [4.69, 9.17) is 61.6 Å². The van der Waals surface area contributed by atoms with Gasteiger partial charge in [0.15, 0.2) is 0 Å². The van der Waals surface area contributed by atoms with Crippen LogP contribution in [0.1, 0.15) is 66.2 Å². The molecule has 0 aliphatic carbocycles. The zero-order valence-corrected chi connectivity index (χ0v) is 35.4. The molecule has 0 fully saturated rings. The van der Waals surface area contributed by atoms with Crippen LogP contribution in [0.4, 0.5) is 0 Å². The van der Waals surface area contributed by atoms with Crippen molar-refractivity contribution < 1.29 is 76.0 Å². The highest BCUT2D eigenvalue weighted by Crippen LogP contribution is 2.21. The summed E-state index contributed by atoms with van der Waals surface area (Å²) in [5.41, 5.74) is 0.877. The highest BCUT2D eigenvalue weighted by molar-refractivity contribution is 6.21. The minimum Gasteiger partial charge on any atom is -0.463 e. The molecule has 0 atom stereocenters. The van der Waals surface area contributed by atoms with Crippen molar-refractivity contribution in [1.29, 1.82) is 0 Å².